The molecule has 2 heterocycles. The van der Waals surface area contributed by atoms with E-state index in [-0.39, 0.29) is 24.1 Å². The highest BCUT2D eigenvalue weighted by Crippen LogP contribution is 2.38. The number of rotatable bonds is 7. The smallest absolute Gasteiger partial charge is 0.329 e. The van der Waals surface area contributed by atoms with Gasteiger partial charge in [0, 0.05) is 37.8 Å². The van der Waals surface area contributed by atoms with E-state index < -0.39 is 5.97 Å². The van der Waals surface area contributed by atoms with Gasteiger partial charge in [0.05, 0.1) is 17.5 Å². The van der Waals surface area contributed by atoms with Gasteiger partial charge in [-0.3, -0.25) is 13.9 Å². The minimum absolute atomic E-state index is 0.0458. The van der Waals surface area contributed by atoms with Crippen molar-refractivity contribution in [1.29, 1.82) is 0 Å². The third kappa shape index (κ3) is 3.40. The number of hydrogen-bond acceptors (Lipinski definition) is 3. The van der Waals surface area contributed by atoms with Crippen LogP contribution in [-0.4, -0.2) is 33.8 Å². The van der Waals surface area contributed by atoms with E-state index in [1.54, 1.807) is 4.57 Å². The van der Waals surface area contributed by atoms with Gasteiger partial charge >= 0.3 is 11.7 Å². The number of aryl methyl sites for hydroxylation is 1. The van der Waals surface area contributed by atoms with Crippen molar-refractivity contribution in [3.05, 3.63) is 64.1 Å². The molecule has 6 heteroatoms. The largest absolute Gasteiger partial charge is 0.481 e. The molecule has 1 aromatic heterocycles. The third-order valence-electron chi connectivity index (χ3n) is 6.28. The molecule has 30 heavy (non-hydrogen) atoms. The summed E-state index contributed by atoms with van der Waals surface area (Å²) >= 11 is 0. The van der Waals surface area contributed by atoms with Crippen molar-refractivity contribution < 1.29 is 9.90 Å². The average molecular weight is 408 g/mol. The van der Waals surface area contributed by atoms with Gasteiger partial charge in [0.1, 0.15) is 0 Å². The molecule has 2 atom stereocenters. The summed E-state index contributed by atoms with van der Waals surface area (Å²) in [6.45, 7) is 5.59. The number of para-hydroxylation sites is 2. The highest BCUT2D eigenvalue weighted by molar-refractivity contribution is 5.77. The zero-order valence-electron chi connectivity index (χ0n) is 17.8. The van der Waals surface area contributed by atoms with Crippen LogP contribution in [0, 0.1) is 6.92 Å². The van der Waals surface area contributed by atoms with E-state index >= 15 is 0 Å². The maximum Gasteiger partial charge on any atom is 0.329 e. The topological polar surface area (TPSA) is 67.5 Å². The Morgan fingerprint density at radius 3 is 2.60 bits per heavy atom. The number of imidazole rings is 1. The minimum atomic E-state index is -0.876. The lowest BCUT2D eigenvalue weighted by Gasteiger charge is -2.16. The average Bonchev–Trinajstić information content (AvgIpc) is 3.17. The van der Waals surface area contributed by atoms with Crippen LogP contribution in [0.5, 0.6) is 0 Å². The molecule has 3 aromatic rings. The maximum atomic E-state index is 13.6. The molecule has 2 unspecified atom stereocenters. The van der Waals surface area contributed by atoms with Crippen molar-refractivity contribution in [3.63, 3.8) is 0 Å². The van der Waals surface area contributed by atoms with E-state index in [9.17, 15) is 14.7 Å². The van der Waals surface area contributed by atoms with Crippen LogP contribution >= 0.6 is 0 Å². The number of aliphatic carboxylic acids is 1. The summed E-state index contributed by atoms with van der Waals surface area (Å²) in [5.74, 6) is -0.661. The van der Waals surface area contributed by atoms with Gasteiger partial charge in [-0.15, -0.1) is 0 Å². The van der Waals surface area contributed by atoms with E-state index in [0.717, 1.165) is 24.0 Å². The van der Waals surface area contributed by atoms with Crippen LogP contribution in [0.2, 0.25) is 0 Å². The van der Waals surface area contributed by atoms with Crippen molar-refractivity contribution in [3.8, 4) is 0 Å². The number of carboxylic acids is 1. The second-order valence-corrected chi connectivity index (χ2v) is 8.38. The molecule has 0 bridgehead atoms. The fourth-order valence-electron chi connectivity index (χ4n) is 5.04. The molecular weight excluding hydrogens is 378 g/mol. The van der Waals surface area contributed by atoms with E-state index in [1.807, 2.05) is 35.8 Å². The van der Waals surface area contributed by atoms with Gasteiger partial charge in [-0.05, 0) is 42.7 Å². The Morgan fingerprint density at radius 1 is 1.17 bits per heavy atom. The standard InChI is InChI=1S/C24H29N3O3/c1-4-8-18(13-22(28)29)27-20-11-6-5-10-19(20)26(24(27)30)15-17-14-25(3)21-12-7-9-16(2)23(17)21/h5-7,9-12,17-18H,4,8,13-15H2,1-3H3,(H,28,29). The zero-order valence-corrected chi connectivity index (χ0v) is 17.8. The summed E-state index contributed by atoms with van der Waals surface area (Å²) in [6, 6.07) is 13.7. The summed E-state index contributed by atoms with van der Waals surface area (Å²) in [5, 5.41) is 9.41. The SMILES string of the molecule is CCCC(CC(=O)O)n1c(=O)n(CC2CN(C)c3cccc(C)c32)c2ccccc21. The Kier molecular flexibility index (Phi) is 5.41. The van der Waals surface area contributed by atoms with E-state index in [0.29, 0.717) is 13.0 Å². The molecule has 0 saturated carbocycles. The normalized spacial score (nSPS) is 16.8. The molecule has 0 aliphatic carbocycles. The van der Waals surface area contributed by atoms with Crippen molar-refractivity contribution in [2.24, 2.45) is 0 Å². The number of aromatic nitrogens is 2. The third-order valence-corrected chi connectivity index (χ3v) is 6.28. The molecule has 0 spiro atoms. The number of fused-ring (bicyclic) bond motifs is 2. The highest BCUT2D eigenvalue weighted by atomic mass is 16.4. The van der Waals surface area contributed by atoms with Gasteiger partial charge in [-0.2, -0.15) is 0 Å². The monoisotopic (exact) mass is 407 g/mol. The molecule has 4 rings (SSSR count). The Bertz CT molecular complexity index is 1140. The predicted octanol–water partition coefficient (Wildman–Crippen LogP) is 4.16. The van der Waals surface area contributed by atoms with Crippen LogP contribution in [-0.2, 0) is 11.3 Å². The van der Waals surface area contributed by atoms with Crippen molar-refractivity contribution in [2.45, 2.75) is 51.6 Å². The number of benzene rings is 2. The Balaban J connectivity index is 1.81. The number of anilines is 1. The Hall–Kier alpha value is -3.02. The summed E-state index contributed by atoms with van der Waals surface area (Å²) in [6.07, 6.45) is 1.44. The van der Waals surface area contributed by atoms with Crippen molar-refractivity contribution >= 4 is 22.7 Å². The van der Waals surface area contributed by atoms with Gasteiger partial charge in [-0.1, -0.05) is 37.6 Å². The van der Waals surface area contributed by atoms with Gasteiger partial charge in [-0.25, -0.2) is 4.79 Å². The van der Waals surface area contributed by atoms with Crippen LogP contribution in [0.4, 0.5) is 5.69 Å². The minimum Gasteiger partial charge on any atom is -0.481 e. The number of carboxylic acid groups (broad SMARTS) is 1. The first-order valence-corrected chi connectivity index (χ1v) is 10.6. The lowest BCUT2D eigenvalue weighted by molar-refractivity contribution is -0.137. The fraction of sp³-hybridized carbons (Fsp3) is 0.417. The fourth-order valence-corrected chi connectivity index (χ4v) is 5.04. The summed E-state index contributed by atoms with van der Waals surface area (Å²) in [4.78, 5) is 27.3. The molecule has 2 aromatic carbocycles. The van der Waals surface area contributed by atoms with E-state index in [1.165, 1.54) is 16.8 Å². The molecule has 0 amide bonds. The first-order valence-electron chi connectivity index (χ1n) is 10.6. The lowest BCUT2D eigenvalue weighted by Crippen LogP contribution is -2.30. The van der Waals surface area contributed by atoms with Crippen LogP contribution < -0.4 is 10.6 Å². The number of likely N-dealkylation sites (N-methyl/N-ethyl adjacent to an activating group) is 1. The first-order chi connectivity index (χ1) is 14.4. The second-order valence-electron chi connectivity index (χ2n) is 8.38. The van der Waals surface area contributed by atoms with Crippen LogP contribution in [0.25, 0.3) is 11.0 Å². The molecular formula is C24H29N3O3. The van der Waals surface area contributed by atoms with E-state index in [2.05, 4.69) is 37.1 Å². The molecule has 0 saturated heterocycles. The Morgan fingerprint density at radius 2 is 1.90 bits per heavy atom. The van der Waals surface area contributed by atoms with Gasteiger partial charge in [0.15, 0.2) is 0 Å². The molecule has 1 aliphatic heterocycles. The molecule has 0 radical (unpaired) electrons. The molecule has 6 nitrogen and oxygen atoms in total. The van der Waals surface area contributed by atoms with E-state index in [4.69, 9.17) is 0 Å². The van der Waals surface area contributed by atoms with Crippen LogP contribution in [0.1, 0.15) is 49.3 Å². The molecule has 1 aliphatic rings. The molecule has 158 valence electrons. The van der Waals surface area contributed by atoms with Crippen LogP contribution in [0.3, 0.4) is 0 Å². The van der Waals surface area contributed by atoms with Gasteiger partial charge in [0.2, 0.25) is 0 Å². The van der Waals surface area contributed by atoms with Gasteiger partial charge in [0.25, 0.3) is 0 Å². The molecule has 0 fully saturated rings. The maximum absolute atomic E-state index is 13.6. The summed E-state index contributed by atoms with van der Waals surface area (Å²) < 4.78 is 3.56. The number of carbonyl (C=O) groups is 1. The highest BCUT2D eigenvalue weighted by Gasteiger charge is 2.30. The number of hydrogen-bond donors (Lipinski definition) is 1. The predicted molar refractivity (Wildman–Crippen MR) is 120 cm³/mol. The van der Waals surface area contributed by atoms with Crippen molar-refractivity contribution in [1.82, 2.24) is 9.13 Å². The molecule has 1 N–H and O–H groups in total. The first kappa shape index (κ1) is 20.3. The lowest BCUT2D eigenvalue weighted by atomic mass is 9.96. The quantitative estimate of drug-likeness (QED) is 0.639. The van der Waals surface area contributed by atoms with Crippen LogP contribution in [0.15, 0.2) is 47.3 Å². The summed E-state index contributed by atoms with van der Waals surface area (Å²) in [7, 11) is 2.09. The Labute approximate surface area is 176 Å². The summed E-state index contributed by atoms with van der Waals surface area (Å²) in [5.41, 5.74) is 5.36. The second kappa shape index (κ2) is 8.01. The number of nitrogens with zero attached hydrogens (tertiary/aromatic N) is 3. The van der Waals surface area contributed by atoms with Gasteiger partial charge < -0.3 is 10.0 Å². The zero-order chi connectivity index (χ0) is 21.4. The van der Waals surface area contributed by atoms with Crippen molar-refractivity contribution in [2.75, 3.05) is 18.5 Å².